The first-order valence-electron chi connectivity index (χ1n) is 5.28. The molecule has 0 bridgehead atoms. The van der Waals surface area contributed by atoms with E-state index < -0.39 is 11.6 Å². The summed E-state index contributed by atoms with van der Waals surface area (Å²) in [7, 11) is 0. The van der Waals surface area contributed by atoms with Crippen molar-refractivity contribution < 1.29 is 13.5 Å². The molecule has 0 amide bonds. The fourth-order valence-electron chi connectivity index (χ4n) is 2.19. The van der Waals surface area contributed by atoms with Gasteiger partial charge in [0.2, 0.25) is 0 Å². The van der Waals surface area contributed by atoms with Crippen molar-refractivity contribution in [2.45, 2.75) is 25.4 Å². The first-order chi connectivity index (χ1) is 7.70. The van der Waals surface area contributed by atoms with Crippen molar-refractivity contribution in [2.75, 3.05) is 0 Å². The van der Waals surface area contributed by atoms with Crippen molar-refractivity contribution >= 4 is 0 Å². The summed E-state index contributed by atoms with van der Waals surface area (Å²) in [5.41, 5.74) is 0.189. The molecular weight excluding hydrogens is 212 g/mol. The summed E-state index contributed by atoms with van der Waals surface area (Å²) in [6.07, 6.45) is 2.54. The molecule has 1 aliphatic carbocycles. The summed E-state index contributed by atoms with van der Waals surface area (Å²) in [6.45, 7) is 0. The van der Waals surface area contributed by atoms with Crippen LogP contribution >= 0.6 is 0 Å². The largest absolute Gasteiger partial charge is 0.488 e. The van der Waals surface area contributed by atoms with Gasteiger partial charge in [-0.2, -0.15) is 5.26 Å². The third-order valence-electron chi connectivity index (χ3n) is 3.22. The van der Waals surface area contributed by atoms with Crippen LogP contribution in [0.1, 0.15) is 24.0 Å². The van der Waals surface area contributed by atoms with Crippen molar-refractivity contribution in [3.05, 3.63) is 28.8 Å². The van der Waals surface area contributed by atoms with Crippen LogP contribution in [0.2, 0.25) is 0 Å². The lowest BCUT2D eigenvalue weighted by molar-refractivity contribution is 0.207. The van der Waals surface area contributed by atoms with Gasteiger partial charge in [0.25, 0.3) is 0 Å². The highest BCUT2D eigenvalue weighted by Gasteiger charge is 2.40. The number of ether oxygens (including phenoxy) is 1. The van der Waals surface area contributed by atoms with E-state index in [1.165, 1.54) is 0 Å². The summed E-state index contributed by atoms with van der Waals surface area (Å²) < 4.78 is 32.3. The maximum absolute atomic E-state index is 13.5. The summed E-state index contributed by atoms with van der Waals surface area (Å²) in [6, 6.07) is 2.51. The van der Waals surface area contributed by atoms with Crippen LogP contribution < -0.4 is 4.74 Å². The quantitative estimate of drug-likeness (QED) is 0.730. The molecule has 0 spiro atoms. The van der Waals surface area contributed by atoms with Gasteiger partial charge in [-0.15, -0.1) is 0 Å². The van der Waals surface area contributed by atoms with Crippen LogP contribution in [-0.4, -0.2) is 6.10 Å². The van der Waals surface area contributed by atoms with Gasteiger partial charge >= 0.3 is 0 Å². The molecule has 1 atom stereocenters. The Morgan fingerprint density at radius 2 is 2.06 bits per heavy atom. The predicted octanol–water partition coefficient (Wildman–Crippen LogP) is 2.55. The van der Waals surface area contributed by atoms with E-state index in [2.05, 4.69) is 0 Å². The molecule has 4 heteroatoms. The van der Waals surface area contributed by atoms with Gasteiger partial charge in [-0.3, -0.25) is 0 Å². The minimum absolute atomic E-state index is 0.0709. The topological polar surface area (TPSA) is 33.0 Å². The number of benzene rings is 1. The molecule has 82 valence electrons. The van der Waals surface area contributed by atoms with Crippen LogP contribution in [0.5, 0.6) is 5.75 Å². The molecular formula is C12H9F2NO. The van der Waals surface area contributed by atoms with Gasteiger partial charge in [-0.25, -0.2) is 8.78 Å². The van der Waals surface area contributed by atoms with Crippen LogP contribution in [0.3, 0.4) is 0 Å². The van der Waals surface area contributed by atoms with E-state index in [1.807, 2.05) is 0 Å². The monoisotopic (exact) mass is 221 g/mol. The van der Waals surface area contributed by atoms with Gasteiger partial charge in [0.15, 0.2) is 0 Å². The summed E-state index contributed by atoms with van der Waals surface area (Å²) in [5, 5.41) is 8.82. The number of hydrogen-bond acceptors (Lipinski definition) is 2. The Morgan fingerprint density at radius 3 is 2.69 bits per heavy atom. The molecule has 1 fully saturated rings. The van der Waals surface area contributed by atoms with E-state index >= 15 is 0 Å². The lowest BCUT2D eigenvalue weighted by atomic mass is 10.0. The minimum atomic E-state index is -0.838. The third-order valence-corrected chi connectivity index (χ3v) is 3.22. The number of nitriles is 1. The molecule has 0 aromatic heterocycles. The van der Waals surface area contributed by atoms with Crippen molar-refractivity contribution in [3.63, 3.8) is 0 Å². The first kappa shape index (κ1) is 9.59. The lowest BCUT2D eigenvalue weighted by Gasteiger charge is -2.08. The van der Waals surface area contributed by atoms with E-state index in [9.17, 15) is 8.78 Å². The fourth-order valence-corrected chi connectivity index (χ4v) is 2.19. The molecule has 0 radical (unpaired) electrons. The highest BCUT2D eigenvalue weighted by Crippen LogP contribution is 2.44. The lowest BCUT2D eigenvalue weighted by Crippen LogP contribution is -2.15. The maximum Gasteiger partial charge on any atom is 0.147 e. The Morgan fingerprint density at radius 1 is 1.31 bits per heavy atom. The van der Waals surface area contributed by atoms with Gasteiger partial charge in [0.05, 0.1) is 0 Å². The standard InChI is InChI=1S/C12H9F2NO/c13-9-4-10(14)8(5-15)12-7(9)3-11(16-12)6-1-2-6/h4,6,11H,1-3H2. The van der Waals surface area contributed by atoms with E-state index in [0.717, 1.165) is 18.9 Å². The Labute approximate surface area is 91.4 Å². The average molecular weight is 221 g/mol. The van der Waals surface area contributed by atoms with Crippen molar-refractivity contribution in [3.8, 4) is 11.8 Å². The minimum Gasteiger partial charge on any atom is -0.488 e. The molecule has 1 aromatic carbocycles. The first-order valence-corrected chi connectivity index (χ1v) is 5.28. The second-order valence-electron chi connectivity index (χ2n) is 4.33. The molecule has 1 heterocycles. The van der Waals surface area contributed by atoms with Crippen LogP contribution in [-0.2, 0) is 6.42 Å². The van der Waals surface area contributed by atoms with Gasteiger partial charge < -0.3 is 4.74 Å². The Bertz CT molecular complexity index is 503. The molecule has 3 rings (SSSR count). The molecule has 1 saturated carbocycles. The zero-order valence-corrected chi connectivity index (χ0v) is 8.46. The molecule has 1 unspecified atom stereocenters. The molecule has 2 aliphatic rings. The number of fused-ring (bicyclic) bond motifs is 1. The highest BCUT2D eigenvalue weighted by molar-refractivity contribution is 5.52. The third kappa shape index (κ3) is 1.28. The molecule has 1 aromatic rings. The van der Waals surface area contributed by atoms with Crippen LogP contribution in [0, 0.1) is 28.9 Å². The van der Waals surface area contributed by atoms with Gasteiger partial charge in [-0.1, -0.05) is 0 Å². The van der Waals surface area contributed by atoms with E-state index in [1.54, 1.807) is 6.07 Å². The van der Waals surface area contributed by atoms with Crippen molar-refractivity contribution in [1.82, 2.24) is 0 Å². The molecule has 16 heavy (non-hydrogen) atoms. The van der Waals surface area contributed by atoms with Gasteiger partial charge in [0, 0.05) is 18.1 Å². The highest BCUT2D eigenvalue weighted by atomic mass is 19.1. The molecule has 2 nitrogen and oxygen atoms in total. The smallest absolute Gasteiger partial charge is 0.147 e. The second-order valence-corrected chi connectivity index (χ2v) is 4.33. The zero-order valence-electron chi connectivity index (χ0n) is 8.46. The van der Waals surface area contributed by atoms with Crippen LogP contribution in [0.15, 0.2) is 6.07 Å². The van der Waals surface area contributed by atoms with E-state index in [-0.39, 0.29) is 17.4 Å². The second kappa shape index (κ2) is 3.18. The van der Waals surface area contributed by atoms with Gasteiger partial charge in [-0.05, 0) is 18.8 Å². The number of rotatable bonds is 1. The normalized spacial score (nSPS) is 22.4. The number of hydrogen-bond donors (Lipinski definition) is 0. The summed E-state index contributed by atoms with van der Waals surface area (Å²) in [4.78, 5) is 0. The van der Waals surface area contributed by atoms with Crippen molar-refractivity contribution in [2.24, 2.45) is 5.92 Å². The predicted molar refractivity (Wildman–Crippen MR) is 51.9 cm³/mol. The fraction of sp³-hybridized carbons (Fsp3) is 0.417. The van der Waals surface area contributed by atoms with Crippen molar-refractivity contribution in [1.29, 1.82) is 5.26 Å². The average Bonchev–Trinajstić information content (AvgIpc) is 2.99. The Balaban J connectivity index is 2.08. The molecule has 1 aliphatic heterocycles. The molecule has 0 N–H and O–H groups in total. The maximum atomic E-state index is 13.5. The van der Waals surface area contributed by atoms with Crippen LogP contribution in [0.25, 0.3) is 0 Å². The van der Waals surface area contributed by atoms with Crippen LogP contribution in [0.4, 0.5) is 8.78 Å². The molecule has 0 saturated heterocycles. The zero-order chi connectivity index (χ0) is 11.3. The van der Waals surface area contributed by atoms with Gasteiger partial charge in [0.1, 0.15) is 35.1 Å². The summed E-state index contributed by atoms with van der Waals surface area (Å²) >= 11 is 0. The SMILES string of the molecule is N#Cc1c(F)cc(F)c2c1OC(C1CC1)C2. The number of nitrogens with zero attached hydrogens (tertiary/aromatic N) is 1. The van der Waals surface area contributed by atoms with E-state index in [0.29, 0.717) is 17.9 Å². The Kier molecular flexibility index (Phi) is 1.90. The summed E-state index contributed by atoms with van der Waals surface area (Å²) in [5.74, 6) is -0.872. The van der Waals surface area contributed by atoms with E-state index in [4.69, 9.17) is 10.00 Å². The number of halogens is 2. The Hall–Kier alpha value is -1.63.